The lowest BCUT2D eigenvalue weighted by Crippen LogP contribution is -2.37. The Labute approximate surface area is 99.2 Å². The van der Waals surface area contributed by atoms with E-state index in [1.54, 1.807) is 0 Å². The fraction of sp³-hybridized carbons (Fsp3) is 1.00. The Hall–Kier alpha value is 0.270. The highest BCUT2D eigenvalue weighted by atomic mass is 32.2. The third kappa shape index (κ3) is 10.6. The number of nitrogens with one attached hydrogen (secondary N) is 1. The Morgan fingerprint density at radius 2 is 1.93 bits per heavy atom. The Bertz CT molecular complexity index is 131. The lowest BCUT2D eigenvalue weighted by molar-refractivity contribution is 0.232. The molecule has 0 saturated carbocycles. The monoisotopic (exact) mass is 233 g/mol. The van der Waals surface area contributed by atoms with Crippen LogP contribution in [0.25, 0.3) is 0 Å². The molecule has 3 heteroatoms. The fourth-order valence-electron chi connectivity index (χ4n) is 1.48. The maximum absolute atomic E-state index is 9.14. The minimum absolute atomic E-state index is 0.258. The van der Waals surface area contributed by atoms with E-state index in [1.807, 2.05) is 11.8 Å². The number of thioether (sulfide) groups is 1. The van der Waals surface area contributed by atoms with Gasteiger partial charge in [0, 0.05) is 12.1 Å². The van der Waals surface area contributed by atoms with Gasteiger partial charge in [0.1, 0.15) is 0 Å². The summed E-state index contributed by atoms with van der Waals surface area (Å²) in [5.41, 5.74) is 0. The van der Waals surface area contributed by atoms with Crippen LogP contribution in [0.3, 0.4) is 0 Å². The number of hydrogen-bond acceptors (Lipinski definition) is 3. The van der Waals surface area contributed by atoms with Gasteiger partial charge in [-0.2, -0.15) is 11.8 Å². The zero-order valence-corrected chi connectivity index (χ0v) is 11.3. The van der Waals surface area contributed by atoms with Crippen LogP contribution < -0.4 is 5.32 Å². The zero-order valence-electron chi connectivity index (χ0n) is 10.5. The number of aliphatic hydroxyl groups is 1. The van der Waals surface area contributed by atoms with Gasteiger partial charge in [0.25, 0.3) is 0 Å². The summed E-state index contributed by atoms with van der Waals surface area (Å²) in [5, 5.41) is 12.5. The molecule has 0 fully saturated rings. The van der Waals surface area contributed by atoms with E-state index in [0.29, 0.717) is 6.04 Å². The van der Waals surface area contributed by atoms with Crippen molar-refractivity contribution in [2.75, 3.05) is 18.1 Å². The number of aliphatic hydroxyl groups excluding tert-OH is 1. The molecule has 0 aliphatic heterocycles. The van der Waals surface area contributed by atoms with Crippen LogP contribution in [-0.4, -0.2) is 35.3 Å². The quantitative estimate of drug-likeness (QED) is 0.569. The molecule has 2 nitrogen and oxygen atoms in total. The minimum Gasteiger partial charge on any atom is -0.395 e. The molecule has 0 bridgehead atoms. The smallest absolute Gasteiger partial charge is 0.0585 e. The highest BCUT2D eigenvalue weighted by Crippen LogP contribution is 2.09. The highest BCUT2D eigenvalue weighted by molar-refractivity contribution is 7.99. The van der Waals surface area contributed by atoms with Gasteiger partial charge in [-0.3, -0.25) is 0 Å². The standard InChI is InChI=1S/C12H27NOS/c1-4-5-6-8-15-9-7-12(10-14)13-11(2)3/h11-14H,4-10H2,1-3H3. The van der Waals surface area contributed by atoms with E-state index >= 15 is 0 Å². The SMILES string of the molecule is CCCCCSCCC(CO)NC(C)C. The lowest BCUT2D eigenvalue weighted by Gasteiger charge is -2.18. The summed E-state index contributed by atoms with van der Waals surface area (Å²) >= 11 is 2.01. The van der Waals surface area contributed by atoms with E-state index in [2.05, 4.69) is 26.1 Å². The maximum atomic E-state index is 9.14. The van der Waals surface area contributed by atoms with E-state index in [-0.39, 0.29) is 12.6 Å². The molecule has 1 atom stereocenters. The Kier molecular flexibility index (Phi) is 11.0. The summed E-state index contributed by atoms with van der Waals surface area (Å²) in [6.45, 7) is 6.74. The molecule has 0 aliphatic rings. The van der Waals surface area contributed by atoms with Crippen molar-refractivity contribution in [3.8, 4) is 0 Å². The van der Waals surface area contributed by atoms with E-state index in [4.69, 9.17) is 5.11 Å². The van der Waals surface area contributed by atoms with Crippen LogP contribution in [0.2, 0.25) is 0 Å². The van der Waals surface area contributed by atoms with Crippen molar-refractivity contribution in [2.24, 2.45) is 0 Å². The summed E-state index contributed by atoms with van der Waals surface area (Å²) in [6.07, 6.45) is 5.06. The number of rotatable bonds is 10. The molecular weight excluding hydrogens is 206 g/mol. The first-order valence-corrected chi connectivity index (χ1v) is 7.30. The minimum atomic E-state index is 0.258. The molecule has 0 rings (SSSR count). The summed E-state index contributed by atoms with van der Waals surface area (Å²) in [5.74, 6) is 2.43. The molecular formula is C12H27NOS. The van der Waals surface area contributed by atoms with Crippen molar-refractivity contribution in [1.82, 2.24) is 5.32 Å². The van der Waals surface area contributed by atoms with Gasteiger partial charge in [0.2, 0.25) is 0 Å². The van der Waals surface area contributed by atoms with Crippen molar-refractivity contribution >= 4 is 11.8 Å². The molecule has 0 heterocycles. The molecule has 0 aromatic rings. The van der Waals surface area contributed by atoms with E-state index in [1.165, 1.54) is 25.0 Å². The number of hydrogen-bond donors (Lipinski definition) is 2. The van der Waals surface area contributed by atoms with Crippen molar-refractivity contribution in [3.63, 3.8) is 0 Å². The van der Waals surface area contributed by atoms with Crippen LogP contribution in [0.5, 0.6) is 0 Å². The predicted molar refractivity (Wildman–Crippen MR) is 70.6 cm³/mol. The molecule has 0 amide bonds. The van der Waals surface area contributed by atoms with Crippen LogP contribution in [-0.2, 0) is 0 Å². The van der Waals surface area contributed by atoms with Crippen LogP contribution in [0.15, 0.2) is 0 Å². The Balaban J connectivity index is 3.30. The largest absolute Gasteiger partial charge is 0.395 e. The average Bonchev–Trinajstić information content (AvgIpc) is 2.20. The van der Waals surface area contributed by atoms with E-state index in [0.717, 1.165) is 12.2 Å². The van der Waals surface area contributed by atoms with Gasteiger partial charge < -0.3 is 10.4 Å². The summed E-state index contributed by atoms with van der Waals surface area (Å²) < 4.78 is 0. The normalized spacial score (nSPS) is 13.4. The molecule has 92 valence electrons. The zero-order chi connectivity index (χ0) is 11.5. The highest BCUT2D eigenvalue weighted by Gasteiger charge is 2.07. The summed E-state index contributed by atoms with van der Waals surface area (Å²) in [4.78, 5) is 0. The molecule has 0 aromatic carbocycles. The molecule has 1 unspecified atom stereocenters. The second-order valence-electron chi connectivity index (χ2n) is 4.31. The first kappa shape index (κ1) is 15.3. The third-order valence-electron chi connectivity index (χ3n) is 2.29. The molecule has 2 N–H and O–H groups in total. The van der Waals surface area contributed by atoms with Crippen LogP contribution in [0, 0.1) is 0 Å². The predicted octanol–water partition coefficient (Wildman–Crippen LogP) is 2.66. The van der Waals surface area contributed by atoms with Gasteiger partial charge in [-0.15, -0.1) is 0 Å². The van der Waals surface area contributed by atoms with Crippen molar-refractivity contribution in [1.29, 1.82) is 0 Å². The van der Waals surface area contributed by atoms with Gasteiger partial charge >= 0.3 is 0 Å². The summed E-state index contributed by atoms with van der Waals surface area (Å²) in [6, 6.07) is 0.746. The first-order chi connectivity index (χ1) is 7.20. The second-order valence-corrected chi connectivity index (χ2v) is 5.53. The van der Waals surface area contributed by atoms with Gasteiger partial charge in [-0.05, 0) is 24.3 Å². The van der Waals surface area contributed by atoms with Crippen molar-refractivity contribution < 1.29 is 5.11 Å². The van der Waals surface area contributed by atoms with Crippen LogP contribution >= 0.6 is 11.8 Å². The average molecular weight is 233 g/mol. The lowest BCUT2D eigenvalue weighted by atomic mass is 10.2. The van der Waals surface area contributed by atoms with Gasteiger partial charge in [0.15, 0.2) is 0 Å². The molecule has 0 spiro atoms. The van der Waals surface area contributed by atoms with Gasteiger partial charge in [0.05, 0.1) is 6.61 Å². The molecule has 0 aromatic heterocycles. The van der Waals surface area contributed by atoms with Crippen molar-refractivity contribution in [3.05, 3.63) is 0 Å². The summed E-state index contributed by atoms with van der Waals surface area (Å²) in [7, 11) is 0. The molecule has 0 aliphatic carbocycles. The van der Waals surface area contributed by atoms with Crippen molar-refractivity contribution in [2.45, 2.75) is 58.5 Å². The molecule has 15 heavy (non-hydrogen) atoms. The fourth-order valence-corrected chi connectivity index (χ4v) is 2.54. The topological polar surface area (TPSA) is 32.3 Å². The van der Waals surface area contributed by atoms with Crippen LogP contribution in [0.1, 0.15) is 46.5 Å². The van der Waals surface area contributed by atoms with E-state index < -0.39 is 0 Å². The second kappa shape index (κ2) is 10.8. The van der Waals surface area contributed by atoms with Crippen LogP contribution in [0.4, 0.5) is 0 Å². The van der Waals surface area contributed by atoms with E-state index in [9.17, 15) is 0 Å². The van der Waals surface area contributed by atoms with Gasteiger partial charge in [-0.25, -0.2) is 0 Å². The Morgan fingerprint density at radius 3 is 2.47 bits per heavy atom. The number of unbranched alkanes of at least 4 members (excludes halogenated alkanes) is 2. The molecule has 0 radical (unpaired) electrons. The Morgan fingerprint density at radius 1 is 1.20 bits per heavy atom. The third-order valence-corrected chi connectivity index (χ3v) is 3.39. The van der Waals surface area contributed by atoms with Gasteiger partial charge in [-0.1, -0.05) is 33.6 Å². The maximum Gasteiger partial charge on any atom is 0.0585 e. The molecule has 0 saturated heterocycles. The first-order valence-electron chi connectivity index (χ1n) is 6.15.